The summed E-state index contributed by atoms with van der Waals surface area (Å²) in [5, 5.41) is 16.1. The van der Waals surface area contributed by atoms with Crippen molar-refractivity contribution < 1.29 is 14.7 Å². The molecule has 0 unspecified atom stereocenters. The topological polar surface area (TPSA) is 82.5 Å². The van der Waals surface area contributed by atoms with Crippen LogP contribution in [0.3, 0.4) is 0 Å². The molecule has 0 saturated carbocycles. The molecule has 2 N–H and O–H groups in total. The maximum absolute atomic E-state index is 13.1. The number of benzene rings is 3. The van der Waals surface area contributed by atoms with E-state index in [4.69, 9.17) is 11.6 Å². The van der Waals surface area contributed by atoms with Gasteiger partial charge in [0.1, 0.15) is 0 Å². The van der Waals surface area contributed by atoms with Crippen LogP contribution >= 0.6 is 22.9 Å². The van der Waals surface area contributed by atoms with E-state index in [0.29, 0.717) is 28.4 Å². The highest BCUT2D eigenvalue weighted by Gasteiger charge is 2.17. The van der Waals surface area contributed by atoms with E-state index in [1.807, 2.05) is 43.5 Å². The molecule has 0 fully saturated rings. The van der Waals surface area contributed by atoms with Crippen molar-refractivity contribution in [3.05, 3.63) is 99.0 Å². The second-order valence-electron chi connectivity index (χ2n) is 8.10. The maximum Gasteiger partial charge on any atom is 0.411 e. The van der Waals surface area contributed by atoms with Crippen LogP contribution in [0.15, 0.2) is 72.1 Å². The summed E-state index contributed by atoms with van der Waals surface area (Å²) in [5.74, 6) is -0.253. The number of carboxylic acid groups (broad SMARTS) is 1. The highest BCUT2D eigenvalue weighted by atomic mass is 35.5. The Morgan fingerprint density at radius 3 is 2.37 bits per heavy atom. The molecule has 4 rings (SSSR count). The summed E-state index contributed by atoms with van der Waals surface area (Å²) in [6, 6.07) is 19.8. The SMILES string of the molecule is Cc1ccc(C(=O)Nc2ccc(N(CCc3csc(C)n3)C(=O)O)cc2)c(-c2ccc(Cl)cc2)c1. The number of nitrogens with one attached hydrogen (secondary N) is 1. The van der Waals surface area contributed by atoms with E-state index in [1.54, 1.807) is 53.8 Å². The number of thiazole rings is 1. The molecule has 0 atom stereocenters. The van der Waals surface area contributed by atoms with Crippen molar-refractivity contribution in [2.75, 3.05) is 16.8 Å². The zero-order valence-corrected chi connectivity index (χ0v) is 20.9. The number of halogens is 1. The van der Waals surface area contributed by atoms with E-state index < -0.39 is 6.09 Å². The van der Waals surface area contributed by atoms with Crippen LogP contribution in [0, 0.1) is 13.8 Å². The molecule has 2 amide bonds. The van der Waals surface area contributed by atoms with Crippen molar-refractivity contribution in [3.8, 4) is 11.1 Å². The van der Waals surface area contributed by atoms with Gasteiger partial charge in [0, 0.05) is 40.3 Å². The second kappa shape index (κ2) is 10.7. The summed E-state index contributed by atoms with van der Waals surface area (Å²) in [5.41, 5.74) is 5.25. The lowest BCUT2D eigenvalue weighted by molar-refractivity contribution is 0.102. The lowest BCUT2D eigenvalue weighted by Gasteiger charge is -2.19. The minimum absolute atomic E-state index is 0.253. The summed E-state index contributed by atoms with van der Waals surface area (Å²) < 4.78 is 0. The third kappa shape index (κ3) is 6.07. The van der Waals surface area contributed by atoms with Crippen molar-refractivity contribution in [3.63, 3.8) is 0 Å². The fourth-order valence-electron chi connectivity index (χ4n) is 3.73. The maximum atomic E-state index is 13.1. The lowest BCUT2D eigenvalue weighted by atomic mass is 9.97. The molecule has 0 aliphatic rings. The van der Waals surface area contributed by atoms with Crippen LogP contribution < -0.4 is 10.2 Å². The largest absolute Gasteiger partial charge is 0.465 e. The van der Waals surface area contributed by atoms with Crippen molar-refractivity contribution in [1.82, 2.24) is 4.98 Å². The Kier molecular flexibility index (Phi) is 7.48. The highest BCUT2D eigenvalue weighted by molar-refractivity contribution is 7.09. The summed E-state index contributed by atoms with van der Waals surface area (Å²) >= 11 is 7.57. The van der Waals surface area contributed by atoms with Gasteiger partial charge in [-0.2, -0.15) is 0 Å². The molecule has 8 heteroatoms. The first-order valence-corrected chi connectivity index (χ1v) is 12.3. The molecule has 35 heavy (non-hydrogen) atoms. The first kappa shape index (κ1) is 24.4. The quantitative estimate of drug-likeness (QED) is 0.281. The van der Waals surface area contributed by atoms with Crippen molar-refractivity contribution >= 4 is 46.3 Å². The molecule has 3 aromatic carbocycles. The molecule has 1 aromatic heterocycles. The fourth-order valence-corrected chi connectivity index (χ4v) is 4.51. The van der Waals surface area contributed by atoms with E-state index in [9.17, 15) is 14.7 Å². The van der Waals surface area contributed by atoms with E-state index in [0.717, 1.165) is 27.4 Å². The summed E-state index contributed by atoms with van der Waals surface area (Å²) in [6.07, 6.45) is -0.517. The number of amides is 2. The van der Waals surface area contributed by atoms with Crippen molar-refractivity contribution in [2.24, 2.45) is 0 Å². The van der Waals surface area contributed by atoms with Gasteiger partial charge in [0.25, 0.3) is 5.91 Å². The van der Waals surface area contributed by atoms with Gasteiger partial charge < -0.3 is 10.4 Å². The van der Waals surface area contributed by atoms with Gasteiger partial charge in [0.2, 0.25) is 0 Å². The van der Waals surface area contributed by atoms with E-state index in [1.165, 1.54) is 4.90 Å². The predicted octanol–water partition coefficient (Wildman–Crippen LogP) is 7.06. The number of hydrogen-bond donors (Lipinski definition) is 2. The van der Waals surface area contributed by atoms with Gasteiger partial charge in [-0.15, -0.1) is 11.3 Å². The van der Waals surface area contributed by atoms with Gasteiger partial charge in [-0.3, -0.25) is 9.69 Å². The minimum atomic E-state index is -1.04. The molecule has 1 heterocycles. The van der Waals surface area contributed by atoms with E-state index >= 15 is 0 Å². The van der Waals surface area contributed by atoms with Gasteiger partial charge in [-0.25, -0.2) is 9.78 Å². The smallest absolute Gasteiger partial charge is 0.411 e. The van der Waals surface area contributed by atoms with Gasteiger partial charge in [-0.1, -0.05) is 41.4 Å². The second-order valence-corrected chi connectivity index (χ2v) is 9.60. The molecule has 0 bridgehead atoms. The molecule has 0 radical (unpaired) electrons. The molecule has 0 aliphatic carbocycles. The van der Waals surface area contributed by atoms with Crippen LogP contribution in [0.1, 0.15) is 26.6 Å². The molecule has 0 saturated heterocycles. The highest BCUT2D eigenvalue weighted by Crippen LogP contribution is 2.28. The van der Waals surface area contributed by atoms with Crippen LogP contribution in [-0.2, 0) is 6.42 Å². The third-order valence-corrected chi connectivity index (χ3v) is 6.58. The fraction of sp³-hybridized carbons (Fsp3) is 0.148. The van der Waals surface area contributed by atoms with Gasteiger partial charge in [0.15, 0.2) is 0 Å². The molecule has 0 aliphatic heterocycles. The molecular weight excluding hydrogens is 482 g/mol. The van der Waals surface area contributed by atoms with Gasteiger partial charge in [0.05, 0.1) is 10.7 Å². The molecule has 178 valence electrons. The molecular formula is C27H24ClN3O3S. The number of carbonyl (C=O) groups is 2. The average Bonchev–Trinajstić information content (AvgIpc) is 3.25. The third-order valence-electron chi connectivity index (χ3n) is 5.50. The normalized spacial score (nSPS) is 10.7. The zero-order chi connectivity index (χ0) is 24.9. The van der Waals surface area contributed by atoms with Crippen LogP contribution in [0.5, 0.6) is 0 Å². The summed E-state index contributed by atoms with van der Waals surface area (Å²) in [6.45, 7) is 4.19. The Hall–Kier alpha value is -3.68. The Bertz CT molecular complexity index is 1350. The zero-order valence-electron chi connectivity index (χ0n) is 19.3. The van der Waals surface area contributed by atoms with Gasteiger partial charge >= 0.3 is 6.09 Å². The van der Waals surface area contributed by atoms with E-state index in [2.05, 4.69) is 10.3 Å². The number of carbonyl (C=O) groups excluding carboxylic acids is 1. The monoisotopic (exact) mass is 505 g/mol. The standard InChI is InChI=1S/C27H24ClN3O3S/c1-17-3-12-24(25(15-17)19-4-6-20(28)7-5-19)26(32)30-21-8-10-23(11-9-21)31(27(33)34)14-13-22-16-35-18(2)29-22/h3-12,15-16H,13-14H2,1-2H3,(H,30,32)(H,33,34). The first-order chi connectivity index (χ1) is 16.8. The number of rotatable bonds is 7. The summed E-state index contributed by atoms with van der Waals surface area (Å²) in [4.78, 5) is 30.6. The molecule has 0 spiro atoms. The first-order valence-electron chi connectivity index (χ1n) is 11.0. The van der Waals surface area contributed by atoms with Crippen LogP contribution in [0.2, 0.25) is 5.02 Å². The number of anilines is 2. The Balaban J connectivity index is 1.50. The minimum Gasteiger partial charge on any atom is -0.465 e. The number of nitrogens with zero attached hydrogens (tertiary/aromatic N) is 2. The summed E-state index contributed by atoms with van der Waals surface area (Å²) in [7, 11) is 0. The number of aryl methyl sites for hydroxylation is 2. The van der Waals surface area contributed by atoms with Crippen LogP contribution in [0.4, 0.5) is 16.2 Å². The van der Waals surface area contributed by atoms with Gasteiger partial charge in [-0.05, 0) is 67.4 Å². The average molecular weight is 506 g/mol. The van der Waals surface area contributed by atoms with Crippen molar-refractivity contribution in [1.29, 1.82) is 0 Å². The van der Waals surface area contributed by atoms with Crippen molar-refractivity contribution in [2.45, 2.75) is 20.3 Å². The van der Waals surface area contributed by atoms with Crippen LogP contribution in [-0.4, -0.2) is 28.6 Å². The molecule has 6 nitrogen and oxygen atoms in total. The molecule has 4 aromatic rings. The Morgan fingerprint density at radius 2 is 1.74 bits per heavy atom. The Labute approximate surface area is 212 Å². The predicted molar refractivity (Wildman–Crippen MR) is 142 cm³/mol. The number of hydrogen-bond acceptors (Lipinski definition) is 4. The van der Waals surface area contributed by atoms with Crippen LogP contribution in [0.25, 0.3) is 11.1 Å². The Morgan fingerprint density at radius 1 is 1.03 bits per heavy atom. The lowest BCUT2D eigenvalue weighted by Crippen LogP contribution is -2.31. The number of aromatic nitrogens is 1. The van der Waals surface area contributed by atoms with E-state index in [-0.39, 0.29) is 12.5 Å².